The van der Waals surface area contributed by atoms with Gasteiger partial charge in [0.05, 0.1) is 0 Å². The standard InChI is InChI=1S/C17H20ClF3N4O.ClH/c18-12-2-1-3-14(8-12)26-9-15-23-16(11-4-6-13(22)7-5-11)25(24-15)10-17(19,20)21;/h1-3,8,11,13H,4-7,9-10,22H2;1H. The molecule has 1 aromatic carbocycles. The minimum absolute atomic E-state index is 0. The predicted molar refractivity (Wildman–Crippen MR) is 98.3 cm³/mol. The van der Waals surface area contributed by atoms with E-state index in [0.717, 1.165) is 17.5 Å². The highest BCUT2D eigenvalue weighted by Gasteiger charge is 2.33. The molecule has 5 nitrogen and oxygen atoms in total. The molecule has 0 radical (unpaired) electrons. The quantitative estimate of drug-likeness (QED) is 0.768. The number of hydrogen-bond donors (Lipinski definition) is 1. The van der Waals surface area contributed by atoms with Gasteiger partial charge in [-0.1, -0.05) is 17.7 Å². The topological polar surface area (TPSA) is 66.0 Å². The van der Waals surface area contributed by atoms with E-state index in [9.17, 15) is 13.2 Å². The van der Waals surface area contributed by atoms with Crippen molar-refractivity contribution in [1.82, 2.24) is 14.8 Å². The lowest BCUT2D eigenvalue weighted by Crippen LogP contribution is -2.28. The Morgan fingerprint density at radius 2 is 1.93 bits per heavy atom. The van der Waals surface area contributed by atoms with Crippen LogP contribution in [0, 0.1) is 0 Å². The monoisotopic (exact) mass is 424 g/mol. The third-order valence-corrected chi connectivity index (χ3v) is 4.61. The summed E-state index contributed by atoms with van der Waals surface area (Å²) in [6.07, 6.45) is -1.38. The van der Waals surface area contributed by atoms with Crippen LogP contribution in [0.4, 0.5) is 13.2 Å². The van der Waals surface area contributed by atoms with Crippen molar-refractivity contribution in [2.24, 2.45) is 5.73 Å². The van der Waals surface area contributed by atoms with Gasteiger partial charge in [-0.3, -0.25) is 0 Å². The molecule has 2 aromatic rings. The molecule has 1 fully saturated rings. The summed E-state index contributed by atoms with van der Waals surface area (Å²) in [7, 11) is 0. The van der Waals surface area contributed by atoms with Gasteiger partial charge in [-0.25, -0.2) is 9.67 Å². The number of nitrogens with two attached hydrogens (primary N) is 1. The highest BCUT2D eigenvalue weighted by Crippen LogP contribution is 2.32. The van der Waals surface area contributed by atoms with E-state index >= 15 is 0 Å². The fourth-order valence-electron chi connectivity index (χ4n) is 3.13. The first kappa shape index (κ1) is 21.8. The number of ether oxygens (including phenoxy) is 1. The van der Waals surface area contributed by atoms with Crippen LogP contribution in [0.1, 0.15) is 43.3 Å². The molecule has 0 amide bonds. The molecule has 1 aliphatic carbocycles. The minimum Gasteiger partial charge on any atom is -0.485 e. The lowest BCUT2D eigenvalue weighted by atomic mass is 9.86. The van der Waals surface area contributed by atoms with Crippen molar-refractivity contribution in [3.8, 4) is 5.75 Å². The van der Waals surface area contributed by atoms with Crippen LogP contribution >= 0.6 is 24.0 Å². The highest BCUT2D eigenvalue weighted by molar-refractivity contribution is 6.30. The van der Waals surface area contributed by atoms with Gasteiger partial charge in [-0.05, 0) is 43.9 Å². The third-order valence-electron chi connectivity index (χ3n) is 4.37. The van der Waals surface area contributed by atoms with Crippen molar-refractivity contribution in [3.63, 3.8) is 0 Å². The fraction of sp³-hybridized carbons (Fsp3) is 0.529. The smallest absolute Gasteiger partial charge is 0.408 e. The maximum Gasteiger partial charge on any atom is 0.408 e. The van der Waals surface area contributed by atoms with Crippen LogP contribution < -0.4 is 10.5 Å². The first-order valence-electron chi connectivity index (χ1n) is 8.44. The van der Waals surface area contributed by atoms with E-state index in [-0.39, 0.29) is 36.8 Å². The molecule has 0 aliphatic heterocycles. The Labute approximate surface area is 166 Å². The molecule has 1 aromatic heterocycles. The first-order valence-corrected chi connectivity index (χ1v) is 8.82. The molecule has 0 unspecified atom stereocenters. The van der Waals surface area contributed by atoms with Crippen LogP contribution in [-0.4, -0.2) is 27.0 Å². The molecule has 3 rings (SSSR count). The van der Waals surface area contributed by atoms with Gasteiger partial charge in [-0.2, -0.15) is 18.3 Å². The number of hydrogen-bond acceptors (Lipinski definition) is 4. The summed E-state index contributed by atoms with van der Waals surface area (Å²) in [5.41, 5.74) is 5.89. The average molecular weight is 425 g/mol. The number of nitrogens with zero attached hydrogens (tertiary/aromatic N) is 3. The number of alkyl halides is 3. The molecule has 150 valence electrons. The second-order valence-corrected chi connectivity index (χ2v) is 6.95. The molecule has 1 aliphatic rings. The van der Waals surface area contributed by atoms with Crippen molar-refractivity contribution < 1.29 is 17.9 Å². The molecule has 1 heterocycles. The first-order chi connectivity index (χ1) is 12.3. The Kier molecular flexibility index (Phi) is 7.36. The Balaban J connectivity index is 0.00000261. The van der Waals surface area contributed by atoms with E-state index in [4.69, 9.17) is 22.1 Å². The van der Waals surface area contributed by atoms with Gasteiger partial charge in [0.15, 0.2) is 5.82 Å². The van der Waals surface area contributed by atoms with Crippen molar-refractivity contribution in [2.75, 3.05) is 0 Å². The highest BCUT2D eigenvalue weighted by atomic mass is 35.5. The molecule has 2 N–H and O–H groups in total. The Morgan fingerprint density at radius 3 is 2.56 bits per heavy atom. The molecule has 0 spiro atoms. The maximum atomic E-state index is 12.9. The normalized spacial score (nSPS) is 20.2. The van der Waals surface area contributed by atoms with Crippen molar-refractivity contribution in [2.45, 2.75) is 57.0 Å². The van der Waals surface area contributed by atoms with Gasteiger partial charge >= 0.3 is 6.18 Å². The lowest BCUT2D eigenvalue weighted by Gasteiger charge is -2.25. The van der Waals surface area contributed by atoms with Crippen LogP contribution in [0.25, 0.3) is 0 Å². The zero-order chi connectivity index (χ0) is 18.7. The number of halogens is 5. The van der Waals surface area contributed by atoms with E-state index in [1.54, 1.807) is 24.3 Å². The van der Waals surface area contributed by atoms with Crippen molar-refractivity contribution >= 4 is 24.0 Å². The van der Waals surface area contributed by atoms with Crippen molar-refractivity contribution in [1.29, 1.82) is 0 Å². The molecule has 0 atom stereocenters. The number of benzene rings is 1. The lowest BCUT2D eigenvalue weighted by molar-refractivity contribution is -0.143. The summed E-state index contributed by atoms with van der Waals surface area (Å²) in [4.78, 5) is 4.33. The van der Waals surface area contributed by atoms with Gasteiger partial charge in [0.25, 0.3) is 0 Å². The van der Waals surface area contributed by atoms with E-state index in [1.807, 2.05) is 0 Å². The summed E-state index contributed by atoms with van der Waals surface area (Å²) < 4.78 is 45.2. The van der Waals surface area contributed by atoms with Gasteiger partial charge in [0.1, 0.15) is 24.7 Å². The van der Waals surface area contributed by atoms with Gasteiger partial charge in [-0.15, -0.1) is 12.4 Å². The molecular weight excluding hydrogens is 404 g/mol. The largest absolute Gasteiger partial charge is 0.485 e. The van der Waals surface area contributed by atoms with Crippen molar-refractivity contribution in [3.05, 3.63) is 40.9 Å². The summed E-state index contributed by atoms with van der Waals surface area (Å²) in [5.74, 6) is 1.03. The fourth-order valence-corrected chi connectivity index (χ4v) is 3.31. The second kappa shape index (κ2) is 9.12. The van der Waals surface area contributed by atoms with Gasteiger partial charge in [0, 0.05) is 17.0 Å². The van der Waals surface area contributed by atoms with Crippen LogP contribution in [-0.2, 0) is 13.2 Å². The van der Waals surface area contributed by atoms with E-state index in [1.165, 1.54) is 0 Å². The second-order valence-electron chi connectivity index (χ2n) is 6.52. The molecule has 27 heavy (non-hydrogen) atoms. The summed E-state index contributed by atoms with van der Waals surface area (Å²) in [5, 5.41) is 4.53. The van der Waals surface area contributed by atoms with Crippen LogP contribution in [0.2, 0.25) is 5.02 Å². The Bertz CT molecular complexity index is 746. The molecule has 0 saturated heterocycles. The summed E-state index contributed by atoms with van der Waals surface area (Å²) >= 11 is 5.89. The Morgan fingerprint density at radius 1 is 1.22 bits per heavy atom. The van der Waals surface area contributed by atoms with Crippen LogP contribution in [0.3, 0.4) is 0 Å². The number of aromatic nitrogens is 3. The molecule has 0 bridgehead atoms. The van der Waals surface area contributed by atoms with Gasteiger partial charge in [0.2, 0.25) is 0 Å². The minimum atomic E-state index is -4.36. The van der Waals surface area contributed by atoms with Crippen LogP contribution in [0.5, 0.6) is 5.75 Å². The Hall–Kier alpha value is -1.51. The molecule has 1 saturated carbocycles. The molecular formula is C17H21Cl2F3N4O. The maximum absolute atomic E-state index is 12.9. The number of rotatable bonds is 5. The van der Waals surface area contributed by atoms with E-state index < -0.39 is 12.7 Å². The summed E-state index contributed by atoms with van der Waals surface area (Å²) in [6, 6.07) is 6.87. The summed E-state index contributed by atoms with van der Waals surface area (Å²) in [6.45, 7) is -1.18. The third kappa shape index (κ3) is 6.26. The van der Waals surface area contributed by atoms with E-state index in [0.29, 0.717) is 29.4 Å². The predicted octanol–water partition coefficient (Wildman–Crippen LogP) is 4.48. The zero-order valence-corrected chi connectivity index (χ0v) is 16.0. The van der Waals surface area contributed by atoms with Gasteiger partial charge < -0.3 is 10.5 Å². The molecule has 10 heteroatoms. The van der Waals surface area contributed by atoms with Crippen LogP contribution in [0.15, 0.2) is 24.3 Å². The zero-order valence-electron chi connectivity index (χ0n) is 14.5. The average Bonchev–Trinajstić information content (AvgIpc) is 2.94. The van der Waals surface area contributed by atoms with E-state index in [2.05, 4.69) is 10.1 Å². The SMILES string of the molecule is Cl.NC1CCC(c2nc(COc3cccc(Cl)c3)nn2CC(F)(F)F)CC1.